The number of aromatic nitrogens is 2. The molecule has 1 aliphatic carbocycles. The summed E-state index contributed by atoms with van der Waals surface area (Å²) in [6, 6.07) is 8.67. The molecule has 0 unspecified atom stereocenters. The number of benzene rings is 1. The lowest BCUT2D eigenvalue weighted by Crippen LogP contribution is -2.40. The van der Waals surface area contributed by atoms with E-state index in [2.05, 4.69) is 41.4 Å². The fourth-order valence-electron chi connectivity index (χ4n) is 3.23. The lowest BCUT2D eigenvalue weighted by Gasteiger charge is -2.30. The normalized spacial score (nSPS) is 17.5. The molecule has 2 aromatic rings. The maximum Gasteiger partial charge on any atom is 0.148 e. The second kappa shape index (κ2) is 6.89. The first-order valence-corrected chi connectivity index (χ1v) is 9.15. The Bertz CT molecular complexity index is 705. The quantitative estimate of drug-likeness (QED) is 0.848. The number of hydrogen-bond donors (Lipinski definition) is 1. The van der Waals surface area contributed by atoms with Crippen molar-refractivity contribution in [1.29, 1.82) is 0 Å². The molecule has 0 atom stereocenters. The highest BCUT2D eigenvalue weighted by molar-refractivity contribution is 5.44. The van der Waals surface area contributed by atoms with E-state index in [0.717, 1.165) is 36.7 Å². The van der Waals surface area contributed by atoms with Gasteiger partial charge in [-0.15, -0.1) is 0 Å². The number of nitrogens with one attached hydrogen (secondary N) is 1. The number of hydrogen-bond acceptors (Lipinski definition) is 4. The average molecular weight is 322 g/mol. The molecular formula is C20H26N4. The fraction of sp³-hybridized carbons (Fsp3) is 0.500. The molecule has 0 amide bonds. The van der Waals surface area contributed by atoms with Gasteiger partial charge in [0.2, 0.25) is 0 Å². The number of anilines is 1. The summed E-state index contributed by atoms with van der Waals surface area (Å²) in [6.07, 6.45) is 6.70. The van der Waals surface area contributed by atoms with Gasteiger partial charge in [-0.05, 0) is 44.8 Å². The van der Waals surface area contributed by atoms with Gasteiger partial charge in [0.25, 0.3) is 0 Å². The second-order valence-electron chi connectivity index (χ2n) is 7.15. The van der Waals surface area contributed by atoms with Gasteiger partial charge < -0.3 is 10.2 Å². The molecule has 0 radical (unpaired) electrons. The highest BCUT2D eigenvalue weighted by atomic mass is 15.2. The monoisotopic (exact) mass is 322 g/mol. The lowest BCUT2D eigenvalue weighted by molar-refractivity contribution is 0.189. The van der Waals surface area contributed by atoms with Crippen LogP contribution in [0.2, 0.25) is 0 Å². The van der Waals surface area contributed by atoms with Gasteiger partial charge >= 0.3 is 0 Å². The fourth-order valence-corrected chi connectivity index (χ4v) is 3.23. The van der Waals surface area contributed by atoms with Gasteiger partial charge in [-0.25, -0.2) is 4.98 Å². The third-order valence-electron chi connectivity index (χ3n) is 4.99. The largest absolute Gasteiger partial charge is 0.367 e. The summed E-state index contributed by atoms with van der Waals surface area (Å²) in [7, 11) is 0. The van der Waals surface area contributed by atoms with Crippen LogP contribution in [0.25, 0.3) is 0 Å². The highest BCUT2D eigenvalue weighted by Gasteiger charge is 2.26. The molecule has 1 aromatic heterocycles. The van der Waals surface area contributed by atoms with Crippen molar-refractivity contribution in [2.75, 3.05) is 31.5 Å². The van der Waals surface area contributed by atoms with E-state index in [4.69, 9.17) is 9.97 Å². The average Bonchev–Trinajstić information content (AvgIpc) is 3.36. The molecule has 4 rings (SSSR count). The summed E-state index contributed by atoms with van der Waals surface area (Å²) in [5.41, 5.74) is 4.82. The number of rotatable bonds is 7. The van der Waals surface area contributed by atoms with E-state index in [1.807, 2.05) is 6.20 Å². The molecule has 1 saturated heterocycles. The van der Waals surface area contributed by atoms with Gasteiger partial charge in [-0.1, -0.05) is 29.8 Å². The molecule has 2 heterocycles. The molecule has 24 heavy (non-hydrogen) atoms. The maximum absolute atomic E-state index is 4.90. The van der Waals surface area contributed by atoms with E-state index in [0.29, 0.717) is 5.92 Å². The standard InChI is InChI=1S/C20H26N4/c1-15-4-2-5-16(12-15)13-18-20(21-8-11-24-9-3-10-24)23-19(14-22-18)17-6-7-17/h2,4-5,12,14,17H,3,6-11,13H2,1H3,(H,21,23). The van der Waals surface area contributed by atoms with Gasteiger partial charge in [0.1, 0.15) is 5.82 Å². The minimum Gasteiger partial charge on any atom is -0.367 e. The summed E-state index contributed by atoms with van der Waals surface area (Å²) in [4.78, 5) is 12.1. The molecule has 1 N–H and O–H groups in total. The van der Waals surface area contributed by atoms with Crippen LogP contribution in [0.1, 0.15) is 47.7 Å². The molecule has 0 bridgehead atoms. The van der Waals surface area contributed by atoms with Gasteiger partial charge in [-0.2, -0.15) is 0 Å². The van der Waals surface area contributed by atoms with E-state index in [9.17, 15) is 0 Å². The predicted molar refractivity (Wildman–Crippen MR) is 97.5 cm³/mol. The smallest absolute Gasteiger partial charge is 0.148 e. The molecule has 0 spiro atoms. The van der Waals surface area contributed by atoms with Crippen LogP contribution in [0, 0.1) is 6.92 Å². The lowest BCUT2D eigenvalue weighted by atomic mass is 10.1. The molecule has 1 saturated carbocycles. The van der Waals surface area contributed by atoms with Gasteiger partial charge in [0.05, 0.1) is 11.4 Å². The third kappa shape index (κ3) is 3.75. The zero-order valence-corrected chi connectivity index (χ0v) is 14.5. The van der Waals surface area contributed by atoms with Crippen molar-refractivity contribution in [1.82, 2.24) is 14.9 Å². The van der Waals surface area contributed by atoms with Gasteiger partial charge in [-0.3, -0.25) is 4.98 Å². The number of nitrogens with zero attached hydrogens (tertiary/aromatic N) is 3. The predicted octanol–water partition coefficient (Wildman–Crippen LogP) is 3.37. The topological polar surface area (TPSA) is 41.1 Å². The SMILES string of the molecule is Cc1cccc(Cc2ncc(C3CC3)nc2NCCN2CCC2)c1. The first-order valence-electron chi connectivity index (χ1n) is 9.15. The maximum atomic E-state index is 4.90. The summed E-state index contributed by atoms with van der Waals surface area (Å²) < 4.78 is 0. The van der Waals surface area contributed by atoms with Crippen molar-refractivity contribution < 1.29 is 0 Å². The Kier molecular flexibility index (Phi) is 4.48. The Hall–Kier alpha value is -1.94. The van der Waals surface area contributed by atoms with Crippen LogP contribution in [0.3, 0.4) is 0 Å². The van der Waals surface area contributed by atoms with Gasteiger partial charge in [0, 0.05) is 31.6 Å². The van der Waals surface area contributed by atoms with Crippen molar-refractivity contribution in [2.45, 2.75) is 38.5 Å². The van der Waals surface area contributed by atoms with Crippen molar-refractivity contribution in [3.63, 3.8) is 0 Å². The highest BCUT2D eigenvalue weighted by Crippen LogP contribution is 2.39. The Balaban J connectivity index is 1.49. The number of likely N-dealkylation sites (tertiary alicyclic amines) is 1. The van der Waals surface area contributed by atoms with E-state index in [1.165, 1.54) is 43.5 Å². The summed E-state index contributed by atoms with van der Waals surface area (Å²) in [6.45, 7) is 6.66. The first-order chi connectivity index (χ1) is 11.8. The Labute approximate surface area is 144 Å². The zero-order chi connectivity index (χ0) is 16.4. The van der Waals surface area contributed by atoms with Crippen molar-refractivity contribution in [2.24, 2.45) is 0 Å². The van der Waals surface area contributed by atoms with Crippen LogP contribution >= 0.6 is 0 Å². The van der Waals surface area contributed by atoms with E-state index >= 15 is 0 Å². The Morgan fingerprint density at radius 3 is 2.83 bits per heavy atom. The van der Waals surface area contributed by atoms with Crippen LogP contribution in [0.5, 0.6) is 0 Å². The molecule has 2 fully saturated rings. The third-order valence-corrected chi connectivity index (χ3v) is 4.99. The zero-order valence-electron chi connectivity index (χ0n) is 14.5. The molecular weight excluding hydrogens is 296 g/mol. The molecule has 1 aromatic carbocycles. The first kappa shape index (κ1) is 15.6. The van der Waals surface area contributed by atoms with Crippen molar-refractivity contribution in [3.8, 4) is 0 Å². The van der Waals surface area contributed by atoms with Crippen LogP contribution in [-0.4, -0.2) is 41.0 Å². The summed E-state index contributed by atoms with van der Waals surface area (Å²) >= 11 is 0. The minimum atomic E-state index is 0.640. The van der Waals surface area contributed by atoms with Crippen molar-refractivity contribution in [3.05, 3.63) is 53.0 Å². The summed E-state index contributed by atoms with van der Waals surface area (Å²) in [5.74, 6) is 1.63. The summed E-state index contributed by atoms with van der Waals surface area (Å²) in [5, 5.41) is 3.56. The molecule has 2 aliphatic rings. The van der Waals surface area contributed by atoms with Crippen molar-refractivity contribution >= 4 is 5.82 Å². The molecule has 4 heteroatoms. The van der Waals surface area contributed by atoms with Crippen LogP contribution < -0.4 is 5.32 Å². The van der Waals surface area contributed by atoms with Gasteiger partial charge in [0.15, 0.2) is 0 Å². The van der Waals surface area contributed by atoms with E-state index < -0.39 is 0 Å². The van der Waals surface area contributed by atoms with E-state index in [1.54, 1.807) is 0 Å². The molecule has 126 valence electrons. The molecule has 4 nitrogen and oxygen atoms in total. The van der Waals surface area contributed by atoms with Crippen LogP contribution in [0.4, 0.5) is 5.82 Å². The second-order valence-corrected chi connectivity index (χ2v) is 7.15. The van der Waals surface area contributed by atoms with E-state index in [-0.39, 0.29) is 0 Å². The Morgan fingerprint density at radius 1 is 1.25 bits per heavy atom. The van der Waals surface area contributed by atoms with Crippen LogP contribution in [0.15, 0.2) is 30.5 Å². The Morgan fingerprint density at radius 2 is 2.12 bits per heavy atom. The van der Waals surface area contributed by atoms with Crippen LogP contribution in [-0.2, 0) is 6.42 Å². The number of aryl methyl sites for hydroxylation is 1. The minimum absolute atomic E-state index is 0.640. The molecule has 1 aliphatic heterocycles.